The summed E-state index contributed by atoms with van der Waals surface area (Å²) in [6.07, 6.45) is 1.88. The van der Waals surface area contributed by atoms with Crippen LogP contribution in [0.25, 0.3) is 20.7 Å². The Kier molecular flexibility index (Phi) is 6.32. The highest BCUT2D eigenvalue weighted by Gasteiger charge is 2.44. The van der Waals surface area contributed by atoms with Crippen molar-refractivity contribution >= 4 is 51.0 Å². The maximum Gasteiger partial charge on any atom is 0.262 e. The molecule has 0 aliphatic carbocycles. The molecule has 41 heavy (non-hydrogen) atoms. The molecule has 5 heterocycles. The minimum Gasteiger partial charge on any atom is -0.353 e. The second kappa shape index (κ2) is 10.2. The number of fused-ring (bicyclic) bond motifs is 2. The summed E-state index contributed by atoms with van der Waals surface area (Å²) in [7, 11) is 0. The molecule has 206 valence electrons. The summed E-state index contributed by atoms with van der Waals surface area (Å²) in [5, 5.41) is 3.29. The predicted octanol–water partition coefficient (Wildman–Crippen LogP) is 3.08. The third kappa shape index (κ3) is 4.56. The van der Waals surface area contributed by atoms with E-state index in [1.807, 2.05) is 24.3 Å². The Balaban J connectivity index is 1.03. The number of hydrogen-bond acceptors (Lipinski definition) is 9. The van der Waals surface area contributed by atoms with Gasteiger partial charge in [0.1, 0.15) is 23.0 Å². The molecule has 0 radical (unpaired) electrons. The Morgan fingerprint density at radius 2 is 1.66 bits per heavy atom. The molecule has 2 saturated heterocycles. The van der Waals surface area contributed by atoms with Crippen molar-refractivity contribution in [2.75, 3.05) is 31.1 Å². The third-order valence-electron chi connectivity index (χ3n) is 7.95. The molecule has 0 saturated carbocycles. The van der Waals surface area contributed by atoms with Crippen molar-refractivity contribution in [1.82, 2.24) is 25.1 Å². The Morgan fingerprint density at radius 3 is 2.44 bits per heavy atom. The van der Waals surface area contributed by atoms with Crippen LogP contribution in [-0.2, 0) is 16.1 Å². The van der Waals surface area contributed by atoms with Crippen LogP contribution in [0.5, 0.6) is 0 Å². The number of nitrogens with one attached hydrogen (secondary N) is 1. The van der Waals surface area contributed by atoms with E-state index in [4.69, 9.17) is 0 Å². The van der Waals surface area contributed by atoms with Crippen molar-refractivity contribution in [3.63, 3.8) is 0 Å². The molecular formula is C30H26N6O4S. The molecule has 11 heteroatoms. The minimum absolute atomic E-state index is 0.0994. The van der Waals surface area contributed by atoms with E-state index in [0.29, 0.717) is 17.7 Å². The van der Waals surface area contributed by atoms with Crippen LogP contribution >= 0.6 is 11.3 Å². The summed E-state index contributed by atoms with van der Waals surface area (Å²) >= 11 is 1.67. The van der Waals surface area contributed by atoms with Gasteiger partial charge in [-0.3, -0.25) is 34.3 Å². The summed E-state index contributed by atoms with van der Waals surface area (Å²) in [6, 6.07) is 16.8. The zero-order valence-corrected chi connectivity index (χ0v) is 22.9. The van der Waals surface area contributed by atoms with Crippen molar-refractivity contribution in [1.29, 1.82) is 0 Å². The van der Waals surface area contributed by atoms with Gasteiger partial charge in [-0.2, -0.15) is 0 Å². The van der Waals surface area contributed by atoms with Crippen molar-refractivity contribution < 1.29 is 19.2 Å². The average Bonchev–Trinajstić information content (AvgIpc) is 3.53. The molecule has 2 aromatic carbocycles. The summed E-state index contributed by atoms with van der Waals surface area (Å²) in [4.78, 5) is 67.0. The number of thiophene rings is 1. The van der Waals surface area contributed by atoms with E-state index >= 15 is 0 Å². The van der Waals surface area contributed by atoms with Crippen LogP contribution in [0.4, 0.5) is 5.82 Å². The minimum atomic E-state index is -0.961. The normalized spacial score (nSPS) is 19.7. The van der Waals surface area contributed by atoms with Crippen LogP contribution in [-0.4, -0.2) is 75.6 Å². The van der Waals surface area contributed by atoms with E-state index in [-0.39, 0.29) is 18.7 Å². The number of carbonyl (C=O) groups excluding carboxylic acids is 4. The fourth-order valence-electron chi connectivity index (χ4n) is 5.83. The largest absolute Gasteiger partial charge is 0.353 e. The first-order chi connectivity index (χ1) is 20.0. The second-order valence-electron chi connectivity index (χ2n) is 10.5. The highest BCUT2D eigenvalue weighted by atomic mass is 32.1. The molecule has 0 bridgehead atoms. The Morgan fingerprint density at radius 1 is 0.878 bits per heavy atom. The molecule has 3 aliphatic rings. The van der Waals surface area contributed by atoms with Gasteiger partial charge in [0.2, 0.25) is 11.8 Å². The number of piperazine rings is 1. The van der Waals surface area contributed by atoms with Gasteiger partial charge in [0.25, 0.3) is 11.8 Å². The zero-order chi connectivity index (χ0) is 28.1. The van der Waals surface area contributed by atoms with Gasteiger partial charge in [0.05, 0.1) is 16.5 Å². The lowest BCUT2D eigenvalue weighted by Gasteiger charge is -2.35. The van der Waals surface area contributed by atoms with Crippen LogP contribution in [0.3, 0.4) is 0 Å². The Bertz CT molecular complexity index is 1710. The molecule has 3 aliphatic heterocycles. The second-order valence-corrected chi connectivity index (χ2v) is 11.5. The maximum atomic E-state index is 13.2. The fourth-order valence-corrected chi connectivity index (χ4v) is 6.83. The Hall–Kier alpha value is -4.48. The molecule has 2 fully saturated rings. The van der Waals surface area contributed by atoms with Crippen LogP contribution < -0.4 is 10.2 Å². The number of aromatic nitrogens is 2. The number of amides is 4. The van der Waals surface area contributed by atoms with Gasteiger partial charge in [0, 0.05) is 44.0 Å². The molecule has 2 aromatic heterocycles. The molecule has 10 nitrogen and oxygen atoms in total. The molecule has 4 aromatic rings. The number of piperidine rings is 1. The van der Waals surface area contributed by atoms with E-state index in [1.54, 1.807) is 29.8 Å². The highest BCUT2D eigenvalue weighted by Crippen LogP contribution is 2.36. The van der Waals surface area contributed by atoms with Crippen LogP contribution in [0.2, 0.25) is 0 Å². The summed E-state index contributed by atoms with van der Waals surface area (Å²) in [5.74, 6) is -1.01. The third-order valence-corrected chi connectivity index (χ3v) is 9.04. The number of hydrogen-bond donors (Lipinski definition) is 1. The van der Waals surface area contributed by atoms with Crippen molar-refractivity contribution in [3.05, 3.63) is 77.6 Å². The molecule has 1 N–H and O–H groups in total. The van der Waals surface area contributed by atoms with Gasteiger partial charge in [0.15, 0.2) is 0 Å². The standard InChI is InChI=1S/C30H26N6O4S/c37-25-9-8-23(27(38)33-25)36-29(39)20-7-6-18(14-21(20)30(36)40)16-34-10-12-35(13-11-34)26-22-15-24(19-4-2-1-3-5-19)41-28(22)32-17-31-26/h1-7,14-15,17,23H,8-13,16H2,(H,33,37,38). The quantitative estimate of drug-likeness (QED) is 0.367. The van der Waals surface area contributed by atoms with Crippen molar-refractivity contribution in [3.8, 4) is 10.4 Å². The first-order valence-electron chi connectivity index (χ1n) is 13.6. The van der Waals surface area contributed by atoms with Gasteiger partial charge in [-0.25, -0.2) is 9.97 Å². The van der Waals surface area contributed by atoms with Crippen LogP contribution in [0, 0.1) is 0 Å². The van der Waals surface area contributed by atoms with Gasteiger partial charge in [-0.05, 0) is 35.7 Å². The molecule has 4 amide bonds. The summed E-state index contributed by atoms with van der Waals surface area (Å²) in [6.45, 7) is 3.86. The lowest BCUT2D eigenvalue weighted by Crippen LogP contribution is -2.54. The number of imide groups is 2. The molecule has 1 unspecified atom stereocenters. The lowest BCUT2D eigenvalue weighted by molar-refractivity contribution is -0.136. The molecule has 1 atom stereocenters. The van der Waals surface area contributed by atoms with E-state index in [2.05, 4.69) is 43.3 Å². The number of benzene rings is 2. The van der Waals surface area contributed by atoms with Crippen LogP contribution in [0.15, 0.2) is 60.9 Å². The molecule has 7 rings (SSSR count). The lowest BCUT2D eigenvalue weighted by atomic mass is 10.0. The van der Waals surface area contributed by atoms with Gasteiger partial charge in [-0.1, -0.05) is 36.4 Å². The number of rotatable bonds is 5. The highest BCUT2D eigenvalue weighted by molar-refractivity contribution is 7.21. The van der Waals surface area contributed by atoms with Gasteiger partial charge >= 0.3 is 0 Å². The first-order valence-corrected chi connectivity index (χ1v) is 14.4. The number of anilines is 1. The van der Waals surface area contributed by atoms with E-state index in [0.717, 1.165) is 52.7 Å². The van der Waals surface area contributed by atoms with E-state index < -0.39 is 23.8 Å². The summed E-state index contributed by atoms with van der Waals surface area (Å²) < 4.78 is 0. The van der Waals surface area contributed by atoms with Gasteiger partial charge in [-0.15, -0.1) is 11.3 Å². The first kappa shape index (κ1) is 25.5. The predicted molar refractivity (Wildman–Crippen MR) is 153 cm³/mol. The SMILES string of the molecule is O=C1CCC(N2C(=O)c3ccc(CN4CCN(c5ncnc6sc(-c7ccccc7)cc56)CC4)cc3C2=O)C(=O)N1. The topological polar surface area (TPSA) is 116 Å². The smallest absolute Gasteiger partial charge is 0.262 e. The van der Waals surface area contributed by atoms with Crippen molar-refractivity contribution in [2.45, 2.75) is 25.4 Å². The zero-order valence-electron chi connectivity index (χ0n) is 22.1. The number of nitrogens with zero attached hydrogens (tertiary/aromatic N) is 5. The average molecular weight is 567 g/mol. The van der Waals surface area contributed by atoms with Crippen molar-refractivity contribution in [2.24, 2.45) is 0 Å². The summed E-state index contributed by atoms with van der Waals surface area (Å²) in [5.41, 5.74) is 2.71. The molecular weight excluding hydrogens is 540 g/mol. The van der Waals surface area contributed by atoms with Gasteiger partial charge < -0.3 is 4.90 Å². The van der Waals surface area contributed by atoms with E-state index in [9.17, 15) is 19.2 Å². The maximum absolute atomic E-state index is 13.2. The van der Waals surface area contributed by atoms with E-state index in [1.165, 1.54) is 10.4 Å². The van der Waals surface area contributed by atoms with Crippen LogP contribution in [0.1, 0.15) is 39.1 Å². The molecule has 0 spiro atoms. The Labute approximate surface area is 239 Å². The monoisotopic (exact) mass is 566 g/mol. The number of carbonyl (C=O) groups is 4. The fraction of sp³-hybridized carbons (Fsp3) is 0.267.